The topological polar surface area (TPSA) is 21.3 Å². The molecule has 0 aliphatic carbocycles. The molecule has 0 aromatic carbocycles. The molecule has 1 rings (SSSR count). The van der Waals surface area contributed by atoms with E-state index in [-0.39, 0.29) is 5.41 Å². The van der Waals surface area contributed by atoms with Crippen LogP contribution in [-0.2, 0) is 4.74 Å². The lowest BCUT2D eigenvalue weighted by Crippen LogP contribution is -2.39. The Morgan fingerprint density at radius 3 is 2.50 bits per heavy atom. The number of hydrogen-bond donors (Lipinski definition) is 1. The van der Waals surface area contributed by atoms with Gasteiger partial charge in [0.2, 0.25) is 0 Å². The van der Waals surface area contributed by atoms with Gasteiger partial charge in [0.25, 0.3) is 0 Å². The summed E-state index contributed by atoms with van der Waals surface area (Å²) in [5.41, 5.74) is 1.67. The molecule has 1 heterocycles. The van der Waals surface area contributed by atoms with Crippen LogP contribution in [0.15, 0.2) is 11.8 Å². The summed E-state index contributed by atoms with van der Waals surface area (Å²) in [5, 5.41) is 3.34. The predicted molar refractivity (Wildman–Crippen MR) is 51.0 cm³/mol. The summed E-state index contributed by atoms with van der Waals surface area (Å²) in [6, 6.07) is 0.444. The maximum Gasteiger partial charge on any atom is 0.0912 e. The first kappa shape index (κ1) is 9.59. The van der Waals surface area contributed by atoms with E-state index in [2.05, 4.69) is 26.1 Å². The van der Waals surface area contributed by atoms with Gasteiger partial charge in [-0.15, -0.1) is 0 Å². The molecular weight excluding hydrogens is 150 g/mol. The molecule has 1 aliphatic rings. The smallest absolute Gasteiger partial charge is 0.0912 e. The van der Waals surface area contributed by atoms with E-state index in [1.54, 1.807) is 0 Å². The van der Waals surface area contributed by atoms with Crippen LogP contribution in [0.3, 0.4) is 0 Å². The molecule has 1 aliphatic heterocycles. The van der Waals surface area contributed by atoms with Crippen LogP contribution in [0.1, 0.15) is 27.2 Å². The van der Waals surface area contributed by atoms with Crippen LogP contribution < -0.4 is 5.32 Å². The second-order valence-corrected chi connectivity index (χ2v) is 4.40. The Labute approximate surface area is 75.0 Å². The zero-order valence-corrected chi connectivity index (χ0v) is 8.48. The number of likely N-dealkylation sites (N-methyl/N-ethyl adjacent to an activating group) is 1. The number of nitrogens with one attached hydrogen (secondary N) is 1. The van der Waals surface area contributed by atoms with Gasteiger partial charge < -0.3 is 10.1 Å². The van der Waals surface area contributed by atoms with E-state index in [0.717, 1.165) is 13.0 Å². The van der Waals surface area contributed by atoms with Crippen LogP contribution in [0, 0.1) is 5.41 Å². The lowest BCUT2D eigenvalue weighted by molar-refractivity contribution is 0.281. The second kappa shape index (κ2) is 3.48. The van der Waals surface area contributed by atoms with Gasteiger partial charge in [-0.05, 0) is 18.0 Å². The fourth-order valence-electron chi connectivity index (χ4n) is 1.79. The maximum absolute atomic E-state index is 5.23. The maximum atomic E-state index is 5.23. The normalized spacial score (nSPS) is 20.2. The lowest BCUT2D eigenvalue weighted by Gasteiger charge is -2.30. The highest BCUT2D eigenvalue weighted by Crippen LogP contribution is 2.28. The molecule has 0 spiro atoms. The Kier molecular flexibility index (Phi) is 2.78. The molecule has 70 valence electrons. The van der Waals surface area contributed by atoms with E-state index in [0.29, 0.717) is 6.04 Å². The molecule has 0 fully saturated rings. The molecule has 0 amide bonds. The molecule has 2 heteroatoms. The summed E-state index contributed by atoms with van der Waals surface area (Å²) >= 11 is 0. The molecule has 12 heavy (non-hydrogen) atoms. The van der Waals surface area contributed by atoms with Gasteiger partial charge in [-0.1, -0.05) is 20.8 Å². The summed E-state index contributed by atoms with van der Waals surface area (Å²) in [6.45, 7) is 7.58. The van der Waals surface area contributed by atoms with Crippen LogP contribution in [-0.4, -0.2) is 19.7 Å². The largest absolute Gasteiger partial charge is 0.501 e. The summed E-state index contributed by atoms with van der Waals surface area (Å²) in [4.78, 5) is 0. The van der Waals surface area contributed by atoms with Gasteiger partial charge in [-0.3, -0.25) is 0 Å². The molecule has 0 aromatic rings. The van der Waals surface area contributed by atoms with Gasteiger partial charge in [0, 0.05) is 12.5 Å². The predicted octanol–water partition coefficient (Wildman–Crippen LogP) is 1.92. The van der Waals surface area contributed by atoms with Crippen LogP contribution >= 0.6 is 0 Å². The minimum Gasteiger partial charge on any atom is -0.501 e. The Hall–Kier alpha value is -0.500. The van der Waals surface area contributed by atoms with Crippen LogP contribution in [0.5, 0.6) is 0 Å². The molecule has 2 nitrogen and oxygen atoms in total. The third kappa shape index (κ3) is 2.01. The summed E-state index contributed by atoms with van der Waals surface area (Å²) < 4.78 is 5.23. The zero-order valence-electron chi connectivity index (χ0n) is 8.48. The minimum atomic E-state index is 0.272. The van der Waals surface area contributed by atoms with Crippen molar-refractivity contribution in [2.45, 2.75) is 33.2 Å². The van der Waals surface area contributed by atoms with Gasteiger partial charge in [0.05, 0.1) is 12.9 Å². The van der Waals surface area contributed by atoms with E-state index in [1.165, 1.54) is 5.57 Å². The van der Waals surface area contributed by atoms with Crippen LogP contribution in [0.4, 0.5) is 0 Å². The third-order valence-electron chi connectivity index (χ3n) is 2.27. The monoisotopic (exact) mass is 169 g/mol. The average Bonchev–Trinajstić information content (AvgIpc) is 2.38. The van der Waals surface area contributed by atoms with Crippen molar-refractivity contribution >= 4 is 0 Å². The molecule has 0 saturated heterocycles. The minimum absolute atomic E-state index is 0.272. The van der Waals surface area contributed by atoms with Crippen molar-refractivity contribution in [3.8, 4) is 0 Å². The van der Waals surface area contributed by atoms with Gasteiger partial charge >= 0.3 is 0 Å². The van der Waals surface area contributed by atoms with E-state index < -0.39 is 0 Å². The summed E-state index contributed by atoms with van der Waals surface area (Å²) in [5.74, 6) is 0. The van der Waals surface area contributed by atoms with Gasteiger partial charge in [-0.25, -0.2) is 0 Å². The van der Waals surface area contributed by atoms with E-state index >= 15 is 0 Å². The highest BCUT2D eigenvalue weighted by Gasteiger charge is 2.28. The number of rotatable bonds is 2. The lowest BCUT2D eigenvalue weighted by atomic mass is 9.82. The quantitative estimate of drug-likeness (QED) is 0.682. The van der Waals surface area contributed by atoms with Crippen molar-refractivity contribution in [3.63, 3.8) is 0 Å². The zero-order chi connectivity index (χ0) is 9.19. The van der Waals surface area contributed by atoms with Crippen molar-refractivity contribution in [3.05, 3.63) is 11.8 Å². The molecule has 1 atom stereocenters. The highest BCUT2D eigenvalue weighted by atomic mass is 16.5. The van der Waals surface area contributed by atoms with Crippen LogP contribution in [0.2, 0.25) is 0 Å². The molecule has 0 bridgehead atoms. The van der Waals surface area contributed by atoms with Crippen molar-refractivity contribution in [1.82, 2.24) is 5.32 Å². The first-order valence-electron chi connectivity index (χ1n) is 4.53. The van der Waals surface area contributed by atoms with Gasteiger partial charge in [-0.2, -0.15) is 0 Å². The molecule has 0 aromatic heterocycles. The molecule has 1 unspecified atom stereocenters. The highest BCUT2D eigenvalue weighted by molar-refractivity contribution is 5.14. The van der Waals surface area contributed by atoms with E-state index in [9.17, 15) is 0 Å². The van der Waals surface area contributed by atoms with E-state index in [4.69, 9.17) is 4.74 Å². The Balaban J connectivity index is 2.68. The Morgan fingerprint density at radius 1 is 1.50 bits per heavy atom. The Morgan fingerprint density at radius 2 is 2.17 bits per heavy atom. The SMILES string of the molecule is CNC(C1=COCC1)C(C)(C)C. The molecule has 1 N–H and O–H groups in total. The number of hydrogen-bond acceptors (Lipinski definition) is 2. The van der Waals surface area contributed by atoms with Crippen molar-refractivity contribution in [2.24, 2.45) is 5.41 Å². The van der Waals surface area contributed by atoms with Crippen molar-refractivity contribution in [1.29, 1.82) is 0 Å². The first-order chi connectivity index (χ1) is 5.55. The molecule has 0 radical (unpaired) electrons. The average molecular weight is 169 g/mol. The molecule has 0 saturated carbocycles. The molecular formula is C10H19NO. The van der Waals surface area contributed by atoms with Crippen molar-refractivity contribution in [2.75, 3.05) is 13.7 Å². The first-order valence-corrected chi connectivity index (χ1v) is 4.53. The summed E-state index contributed by atoms with van der Waals surface area (Å²) in [6.07, 6.45) is 2.98. The van der Waals surface area contributed by atoms with Gasteiger partial charge in [0.1, 0.15) is 0 Å². The fourth-order valence-corrected chi connectivity index (χ4v) is 1.79. The van der Waals surface area contributed by atoms with E-state index in [1.807, 2.05) is 13.3 Å². The van der Waals surface area contributed by atoms with Crippen LogP contribution in [0.25, 0.3) is 0 Å². The third-order valence-corrected chi connectivity index (χ3v) is 2.27. The number of ether oxygens (including phenoxy) is 1. The standard InChI is InChI=1S/C10H19NO/c1-10(2,3)9(11-4)8-5-6-12-7-8/h7,9,11H,5-6H2,1-4H3. The van der Waals surface area contributed by atoms with Crippen molar-refractivity contribution < 1.29 is 4.74 Å². The van der Waals surface area contributed by atoms with Gasteiger partial charge in [0.15, 0.2) is 0 Å². The second-order valence-electron chi connectivity index (χ2n) is 4.40. The summed E-state index contributed by atoms with van der Waals surface area (Å²) in [7, 11) is 2.01. The Bertz CT molecular complexity index is 179. The fraction of sp³-hybridized carbons (Fsp3) is 0.800.